The van der Waals surface area contributed by atoms with Crippen molar-refractivity contribution in [3.63, 3.8) is 0 Å². The van der Waals surface area contributed by atoms with Crippen molar-refractivity contribution in [3.05, 3.63) is 65.6 Å². The largest absolute Gasteiger partial charge is 0.340 e. The van der Waals surface area contributed by atoms with Crippen LogP contribution in [0, 0.1) is 5.82 Å². The standard InChI is InChI=1S/C23H26ClFN6O2S/c1-30-13-11-19(12-14-30)31(2)34(32,33)20-9-7-18(8-10-20)27-23-28-21(24)15-22(29-23)26-17-5-3-16(25)4-6-17/h3-10,15,19H,11-14H2,1-2H3,(H2,26,27,28,29). The van der Waals surface area contributed by atoms with Crippen LogP contribution in [-0.4, -0.2) is 60.8 Å². The van der Waals surface area contributed by atoms with Gasteiger partial charge < -0.3 is 15.5 Å². The Morgan fingerprint density at radius 2 is 1.59 bits per heavy atom. The topological polar surface area (TPSA) is 90.5 Å². The van der Waals surface area contributed by atoms with Crippen molar-refractivity contribution in [2.45, 2.75) is 23.8 Å². The van der Waals surface area contributed by atoms with Crippen LogP contribution in [0.2, 0.25) is 5.15 Å². The summed E-state index contributed by atoms with van der Waals surface area (Å²) in [6, 6.07) is 13.8. The first-order valence-electron chi connectivity index (χ1n) is 10.8. The van der Waals surface area contributed by atoms with Crippen molar-refractivity contribution >= 4 is 44.8 Å². The number of hydrogen-bond donors (Lipinski definition) is 2. The molecular weight excluding hydrogens is 479 g/mol. The first kappa shape index (κ1) is 24.3. The summed E-state index contributed by atoms with van der Waals surface area (Å²) in [5.41, 5.74) is 1.25. The molecule has 2 N–H and O–H groups in total. The van der Waals surface area contributed by atoms with Crippen molar-refractivity contribution < 1.29 is 12.8 Å². The van der Waals surface area contributed by atoms with E-state index >= 15 is 0 Å². The van der Waals surface area contributed by atoms with Gasteiger partial charge in [0.2, 0.25) is 16.0 Å². The van der Waals surface area contributed by atoms with E-state index < -0.39 is 10.0 Å². The number of rotatable bonds is 7. The number of aromatic nitrogens is 2. The van der Waals surface area contributed by atoms with Gasteiger partial charge in [-0.05, 0) is 81.5 Å². The number of likely N-dealkylation sites (tertiary alicyclic amines) is 1. The van der Waals surface area contributed by atoms with Gasteiger partial charge >= 0.3 is 0 Å². The minimum absolute atomic E-state index is 0.00843. The molecule has 0 aliphatic carbocycles. The third-order valence-electron chi connectivity index (χ3n) is 5.80. The first-order chi connectivity index (χ1) is 16.2. The lowest BCUT2D eigenvalue weighted by atomic mass is 10.1. The fourth-order valence-corrected chi connectivity index (χ4v) is 5.38. The molecule has 11 heteroatoms. The van der Waals surface area contributed by atoms with Crippen LogP contribution in [0.4, 0.5) is 27.5 Å². The van der Waals surface area contributed by atoms with E-state index in [2.05, 4.69) is 25.5 Å². The molecule has 3 aromatic rings. The molecule has 0 unspecified atom stereocenters. The Morgan fingerprint density at radius 3 is 2.24 bits per heavy atom. The molecule has 0 spiro atoms. The maximum atomic E-state index is 13.1. The monoisotopic (exact) mass is 504 g/mol. The summed E-state index contributed by atoms with van der Waals surface area (Å²) in [6.45, 7) is 1.76. The fraction of sp³-hybridized carbons (Fsp3) is 0.304. The average Bonchev–Trinajstić information content (AvgIpc) is 2.80. The third kappa shape index (κ3) is 5.82. The van der Waals surface area contributed by atoms with Gasteiger partial charge in [-0.3, -0.25) is 0 Å². The maximum absolute atomic E-state index is 13.1. The summed E-state index contributed by atoms with van der Waals surface area (Å²) in [6.07, 6.45) is 1.62. The number of halogens is 2. The fourth-order valence-electron chi connectivity index (χ4n) is 3.78. The van der Waals surface area contributed by atoms with E-state index in [0.717, 1.165) is 25.9 Å². The quantitative estimate of drug-likeness (QED) is 0.459. The van der Waals surface area contributed by atoms with E-state index in [4.69, 9.17) is 11.6 Å². The van der Waals surface area contributed by atoms with Gasteiger partial charge in [-0.1, -0.05) is 11.6 Å². The highest BCUT2D eigenvalue weighted by Crippen LogP contribution is 2.25. The number of piperidine rings is 1. The van der Waals surface area contributed by atoms with Crippen LogP contribution in [0.5, 0.6) is 0 Å². The molecule has 1 aliphatic rings. The van der Waals surface area contributed by atoms with Crippen molar-refractivity contribution in [1.29, 1.82) is 0 Å². The first-order valence-corrected chi connectivity index (χ1v) is 12.6. The van der Waals surface area contributed by atoms with Crippen molar-refractivity contribution in [3.8, 4) is 0 Å². The highest BCUT2D eigenvalue weighted by molar-refractivity contribution is 7.89. The number of sulfonamides is 1. The predicted octanol–water partition coefficient (Wildman–Crippen LogP) is 4.47. The van der Waals surface area contributed by atoms with E-state index in [9.17, 15) is 12.8 Å². The second-order valence-corrected chi connectivity index (χ2v) is 10.6. The van der Waals surface area contributed by atoms with Crippen molar-refractivity contribution in [2.24, 2.45) is 0 Å². The van der Waals surface area contributed by atoms with Crippen LogP contribution in [0.15, 0.2) is 59.5 Å². The average molecular weight is 505 g/mol. The Kier molecular flexibility index (Phi) is 7.32. The van der Waals surface area contributed by atoms with Gasteiger partial charge in [0.15, 0.2) is 0 Å². The molecule has 0 saturated carbocycles. The number of benzene rings is 2. The predicted molar refractivity (Wildman–Crippen MR) is 132 cm³/mol. The van der Waals surface area contributed by atoms with Gasteiger partial charge in [0, 0.05) is 30.5 Å². The Labute approximate surface area is 203 Å². The lowest BCUT2D eigenvalue weighted by molar-refractivity contribution is 0.197. The van der Waals surface area contributed by atoms with Crippen LogP contribution >= 0.6 is 11.6 Å². The lowest BCUT2D eigenvalue weighted by Gasteiger charge is -2.34. The van der Waals surface area contributed by atoms with Crippen molar-refractivity contribution in [2.75, 3.05) is 37.8 Å². The molecule has 0 radical (unpaired) electrons. The van der Waals surface area contributed by atoms with Gasteiger partial charge in [-0.2, -0.15) is 9.29 Å². The molecule has 1 aliphatic heterocycles. The lowest BCUT2D eigenvalue weighted by Crippen LogP contribution is -2.44. The van der Waals surface area contributed by atoms with E-state index in [1.165, 1.54) is 16.4 Å². The summed E-state index contributed by atoms with van der Waals surface area (Å²) in [4.78, 5) is 11.0. The summed E-state index contributed by atoms with van der Waals surface area (Å²) in [7, 11) is 0.0905. The van der Waals surface area contributed by atoms with E-state index in [1.54, 1.807) is 49.5 Å². The van der Waals surface area contributed by atoms with Crippen molar-refractivity contribution in [1.82, 2.24) is 19.2 Å². The highest BCUT2D eigenvalue weighted by Gasteiger charge is 2.30. The van der Waals surface area contributed by atoms with E-state index in [0.29, 0.717) is 17.2 Å². The molecule has 4 rings (SSSR count). The van der Waals surface area contributed by atoms with Gasteiger partial charge in [0.1, 0.15) is 16.8 Å². The zero-order chi connectivity index (χ0) is 24.3. The molecular formula is C23H26ClFN6O2S. The minimum Gasteiger partial charge on any atom is -0.340 e. The molecule has 0 bridgehead atoms. The Morgan fingerprint density at radius 1 is 1.00 bits per heavy atom. The molecule has 1 saturated heterocycles. The highest BCUT2D eigenvalue weighted by atomic mass is 35.5. The second-order valence-electron chi connectivity index (χ2n) is 8.24. The second kappa shape index (κ2) is 10.2. The zero-order valence-corrected chi connectivity index (χ0v) is 20.4. The molecule has 1 aromatic heterocycles. The Bertz CT molecular complexity index is 1230. The van der Waals surface area contributed by atoms with Crippen LogP contribution in [-0.2, 0) is 10.0 Å². The Balaban J connectivity index is 1.46. The SMILES string of the molecule is CN1CCC(N(C)S(=O)(=O)c2ccc(Nc3nc(Cl)cc(Nc4ccc(F)cc4)n3)cc2)CC1. The molecule has 0 atom stereocenters. The summed E-state index contributed by atoms with van der Waals surface area (Å²) >= 11 is 6.13. The van der Waals surface area contributed by atoms with Gasteiger partial charge in [0.05, 0.1) is 4.90 Å². The molecule has 180 valence electrons. The zero-order valence-electron chi connectivity index (χ0n) is 18.9. The third-order valence-corrected chi connectivity index (χ3v) is 7.92. The molecule has 0 amide bonds. The smallest absolute Gasteiger partial charge is 0.243 e. The van der Waals surface area contributed by atoms with E-state index in [1.807, 2.05) is 7.05 Å². The summed E-state index contributed by atoms with van der Waals surface area (Å²) < 4.78 is 40.8. The van der Waals surface area contributed by atoms with E-state index in [-0.39, 0.29) is 27.9 Å². The maximum Gasteiger partial charge on any atom is 0.243 e. The Hall–Kier alpha value is -2.79. The molecule has 2 aromatic carbocycles. The van der Waals surface area contributed by atoms with Gasteiger partial charge in [-0.15, -0.1) is 0 Å². The molecule has 2 heterocycles. The number of hydrogen-bond acceptors (Lipinski definition) is 7. The number of anilines is 4. The minimum atomic E-state index is -3.60. The number of nitrogens with zero attached hydrogens (tertiary/aromatic N) is 4. The molecule has 34 heavy (non-hydrogen) atoms. The molecule has 1 fully saturated rings. The summed E-state index contributed by atoms with van der Waals surface area (Å²) in [5, 5.41) is 6.29. The molecule has 8 nitrogen and oxygen atoms in total. The van der Waals surface area contributed by atoms with Crippen LogP contribution in [0.3, 0.4) is 0 Å². The summed E-state index contributed by atoms with van der Waals surface area (Å²) in [5.74, 6) is 0.320. The van der Waals surface area contributed by atoms with Gasteiger partial charge in [-0.25, -0.2) is 17.8 Å². The van der Waals surface area contributed by atoms with Crippen LogP contribution in [0.1, 0.15) is 12.8 Å². The van der Waals surface area contributed by atoms with Gasteiger partial charge in [0.25, 0.3) is 0 Å². The number of nitrogens with one attached hydrogen (secondary N) is 2. The van der Waals surface area contributed by atoms with Crippen LogP contribution in [0.25, 0.3) is 0 Å². The van der Waals surface area contributed by atoms with Crippen LogP contribution < -0.4 is 10.6 Å². The normalized spacial score (nSPS) is 15.4.